The van der Waals surface area contributed by atoms with Gasteiger partial charge in [0.25, 0.3) is 0 Å². The molecule has 1 fully saturated rings. The summed E-state index contributed by atoms with van der Waals surface area (Å²) in [6.45, 7) is 8.20. The third kappa shape index (κ3) is 4.20. The van der Waals surface area contributed by atoms with E-state index in [4.69, 9.17) is 0 Å². The standard InChI is InChI=1S/C11H24N2S/c1-10(2)12-9-11-5-4-6-13(11)7-8-14-3/h10-12H,4-9H2,1-3H3. The zero-order valence-corrected chi connectivity index (χ0v) is 10.6. The predicted molar refractivity (Wildman–Crippen MR) is 66.1 cm³/mol. The molecule has 0 bridgehead atoms. The highest BCUT2D eigenvalue weighted by atomic mass is 32.2. The molecule has 1 aliphatic rings. The topological polar surface area (TPSA) is 15.3 Å². The molecule has 1 heterocycles. The molecule has 0 aliphatic carbocycles. The number of rotatable bonds is 6. The average Bonchev–Trinajstić information content (AvgIpc) is 2.58. The fourth-order valence-corrected chi connectivity index (χ4v) is 2.42. The van der Waals surface area contributed by atoms with E-state index in [1.165, 1.54) is 38.2 Å². The summed E-state index contributed by atoms with van der Waals surface area (Å²) in [5.41, 5.74) is 0. The molecular weight excluding hydrogens is 192 g/mol. The van der Waals surface area contributed by atoms with Crippen LogP contribution in [0.15, 0.2) is 0 Å². The molecular formula is C11H24N2S. The Hall–Kier alpha value is 0.270. The van der Waals surface area contributed by atoms with E-state index in [1.807, 2.05) is 11.8 Å². The van der Waals surface area contributed by atoms with Crippen molar-refractivity contribution in [1.29, 1.82) is 0 Å². The van der Waals surface area contributed by atoms with E-state index >= 15 is 0 Å². The third-order valence-corrected chi connectivity index (χ3v) is 3.43. The van der Waals surface area contributed by atoms with Crippen LogP contribution in [-0.2, 0) is 0 Å². The number of nitrogens with one attached hydrogen (secondary N) is 1. The Morgan fingerprint density at radius 3 is 2.93 bits per heavy atom. The molecule has 1 saturated heterocycles. The minimum Gasteiger partial charge on any atom is -0.313 e. The van der Waals surface area contributed by atoms with E-state index in [1.54, 1.807) is 0 Å². The van der Waals surface area contributed by atoms with E-state index in [9.17, 15) is 0 Å². The van der Waals surface area contributed by atoms with Crippen LogP contribution < -0.4 is 5.32 Å². The van der Waals surface area contributed by atoms with Crippen molar-refractivity contribution in [2.75, 3.05) is 31.6 Å². The van der Waals surface area contributed by atoms with Crippen molar-refractivity contribution in [3.63, 3.8) is 0 Å². The van der Waals surface area contributed by atoms with Gasteiger partial charge in [0.15, 0.2) is 0 Å². The van der Waals surface area contributed by atoms with Crippen LogP contribution in [0.1, 0.15) is 26.7 Å². The Morgan fingerprint density at radius 1 is 1.50 bits per heavy atom. The number of thioether (sulfide) groups is 1. The van der Waals surface area contributed by atoms with E-state index in [-0.39, 0.29) is 0 Å². The Morgan fingerprint density at radius 2 is 2.29 bits per heavy atom. The molecule has 2 nitrogen and oxygen atoms in total. The van der Waals surface area contributed by atoms with Crippen molar-refractivity contribution < 1.29 is 0 Å². The van der Waals surface area contributed by atoms with Gasteiger partial charge in [-0.1, -0.05) is 13.8 Å². The Labute approximate surface area is 92.8 Å². The van der Waals surface area contributed by atoms with Crippen molar-refractivity contribution >= 4 is 11.8 Å². The molecule has 1 aliphatic heterocycles. The second kappa shape index (κ2) is 6.70. The molecule has 0 saturated carbocycles. The maximum atomic E-state index is 3.55. The molecule has 1 atom stereocenters. The highest BCUT2D eigenvalue weighted by Gasteiger charge is 2.23. The normalized spacial score (nSPS) is 23.6. The van der Waals surface area contributed by atoms with Gasteiger partial charge in [-0.2, -0.15) is 11.8 Å². The van der Waals surface area contributed by atoms with Crippen molar-refractivity contribution in [3.8, 4) is 0 Å². The van der Waals surface area contributed by atoms with Gasteiger partial charge in [-0.25, -0.2) is 0 Å². The fraction of sp³-hybridized carbons (Fsp3) is 1.00. The molecule has 0 aromatic carbocycles. The third-order valence-electron chi connectivity index (χ3n) is 2.84. The molecule has 0 amide bonds. The van der Waals surface area contributed by atoms with Gasteiger partial charge in [-0.15, -0.1) is 0 Å². The molecule has 14 heavy (non-hydrogen) atoms. The van der Waals surface area contributed by atoms with Crippen LogP contribution in [0.2, 0.25) is 0 Å². The lowest BCUT2D eigenvalue weighted by Crippen LogP contribution is -2.41. The van der Waals surface area contributed by atoms with Crippen molar-refractivity contribution in [1.82, 2.24) is 10.2 Å². The summed E-state index contributed by atoms with van der Waals surface area (Å²) in [4.78, 5) is 2.64. The van der Waals surface area contributed by atoms with Gasteiger partial charge in [0.2, 0.25) is 0 Å². The lowest BCUT2D eigenvalue weighted by molar-refractivity contribution is 0.258. The van der Waals surface area contributed by atoms with E-state index in [0.717, 1.165) is 6.04 Å². The molecule has 3 heteroatoms. The van der Waals surface area contributed by atoms with Crippen LogP contribution in [0.4, 0.5) is 0 Å². The summed E-state index contributed by atoms with van der Waals surface area (Å²) in [7, 11) is 0. The highest BCUT2D eigenvalue weighted by Crippen LogP contribution is 2.16. The van der Waals surface area contributed by atoms with Crippen LogP contribution in [0, 0.1) is 0 Å². The Balaban J connectivity index is 2.21. The van der Waals surface area contributed by atoms with Crippen molar-refractivity contribution in [3.05, 3.63) is 0 Å². The molecule has 0 aromatic heterocycles. The van der Waals surface area contributed by atoms with Crippen LogP contribution >= 0.6 is 11.8 Å². The van der Waals surface area contributed by atoms with Gasteiger partial charge in [-0.3, -0.25) is 4.90 Å². The second-order valence-corrected chi connectivity index (χ2v) is 5.37. The molecule has 84 valence electrons. The SMILES string of the molecule is CSCCN1CCCC1CNC(C)C. The lowest BCUT2D eigenvalue weighted by Gasteiger charge is -2.25. The minimum atomic E-state index is 0.623. The monoisotopic (exact) mass is 216 g/mol. The van der Waals surface area contributed by atoms with E-state index in [0.29, 0.717) is 6.04 Å². The van der Waals surface area contributed by atoms with Crippen LogP contribution in [0.25, 0.3) is 0 Å². The Bertz CT molecular complexity index is 150. The number of hydrogen-bond acceptors (Lipinski definition) is 3. The molecule has 1 N–H and O–H groups in total. The largest absolute Gasteiger partial charge is 0.313 e. The summed E-state index contributed by atoms with van der Waals surface area (Å²) in [5, 5.41) is 3.55. The van der Waals surface area contributed by atoms with Crippen molar-refractivity contribution in [2.45, 2.75) is 38.8 Å². The molecule has 0 spiro atoms. The van der Waals surface area contributed by atoms with Gasteiger partial charge in [0.1, 0.15) is 0 Å². The van der Waals surface area contributed by atoms with Gasteiger partial charge in [-0.05, 0) is 25.6 Å². The van der Waals surface area contributed by atoms with Crippen LogP contribution in [0.5, 0.6) is 0 Å². The summed E-state index contributed by atoms with van der Waals surface area (Å²) < 4.78 is 0. The molecule has 0 aromatic rings. The van der Waals surface area contributed by atoms with E-state index in [2.05, 4.69) is 30.3 Å². The zero-order chi connectivity index (χ0) is 10.4. The molecule has 0 radical (unpaired) electrons. The van der Waals surface area contributed by atoms with Gasteiger partial charge in [0, 0.05) is 30.9 Å². The quantitative estimate of drug-likeness (QED) is 0.729. The number of nitrogens with zero attached hydrogens (tertiary/aromatic N) is 1. The van der Waals surface area contributed by atoms with E-state index < -0.39 is 0 Å². The summed E-state index contributed by atoms with van der Waals surface area (Å²) in [6, 6.07) is 1.42. The minimum absolute atomic E-state index is 0.623. The van der Waals surface area contributed by atoms with Gasteiger partial charge >= 0.3 is 0 Å². The first-order chi connectivity index (χ1) is 6.74. The van der Waals surface area contributed by atoms with Crippen molar-refractivity contribution in [2.24, 2.45) is 0 Å². The second-order valence-electron chi connectivity index (χ2n) is 4.39. The number of likely N-dealkylation sites (tertiary alicyclic amines) is 1. The maximum absolute atomic E-state index is 3.55. The first-order valence-electron chi connectivity index (χ1n) is 5.70. The number of hydrogen-bond donors (Lipinski definition) is 1. The first-order valence-corrected chi connectivity index (χ1v) is 7.09. The fourth-order valence-electron chi connectivity index (χ4n) is 2.00. The smallest absolute Gasteiger partial charge is 0.0221 e. The average molecular weight is 216 g/mol. The molecule has 1 rings (SSSR count). The summed E-state index contributed by atoms with van der Waals surface area (Å²) >= 11 is 1.95. The lowest BCUT2D eigenvalue weighted by atomic mass is 10.2. The zero-order valence-electron chi connectivity index (χ0n) is 9.75. The van der Waals surface area contributed by atoms with Crippen LogP contribution in [0.3, 0.4) is 0 Å². The molecule has 1 unspecified atom stereocenters. The summed E-state index contributed by atoms with van der Waals surface area (Å²) in [5.74, 6) is 1.28. The predicted octanol–water partition coefficient (Wildman–Crippen LogP) is 1.81. The highest BCUT2D eigenvalue weighted by molar-refractivity contribution is 7.98. The van der Waals surface area contributed by atoms with Crippen LogP contribution in [-0.4, -0.2) is 48.6 Å². The summed E-state index contributed by atoms with van der Waals surface area (Å²) in [6.07, 6.45) is 4.96. The van der Waals surface area contributed by atoms with Gasteiger partial charge < -0.3 is 5.32 Å². The van der Waals surface area contributed by atoms with Gasteiger partial charge in [0.05, 0.1) is 0 Å². The maximum Gasteiger partial charge on any atom is 0.0221 e. The first kappa shape index (κ1) is 12.3. The Kier molecular flexibility index (Phi) is 5.90.